The topological polar surface area (TPSA) is 85.2 Å². The SMILES string of the molecule is O=C(CN1C(c2ccc(Cl)cc2)=C[C@H](c2ccc(F)cc2)n2nnnc21)NC[C@@H]1CCCO1. The summed E-state index contributed by atoms with van der Waals surface area (Å²) in [5.41, 5.74) is 2.43. The van der Waals surface area contributed by atoms with Gasteiger partial charge >= 0.3 is 0 Å². The molecule has 0 saturated carbocycles. The van der Waals surface area contributed by atoms with Gasteiger partial charge in [-0.1, -0.05) is 41.0 Å². The highest BCUT2D eigenvalue weighted by Crippen LogP contribution is 2.36. The fourth-order valence-corrected chi connectivity index (χ4v) is 4.25. The van der Waals surface area contributed by atoms with Crippen molar-refractivity contribution in [1.29, 1.82) is 0 Å². The van der Waals surface area contributed by atoms with E-state index in [-0.39, 0.29) is 30.4 Å². The number of hydrogen-bond donors (Lipinski definition) is 1. The number of tetrazole rings is 1. The fourth-order valence-electron chi connectivity index (χ4n) is 4.12. The molecular formula is C23H22ClFN6O2. The molecule has 1 aromatic heterocycles. The monoisotopic (exact) mass is 468 g/mol. The molecule has 170 valence electrons. The number of ether oxygens (including phenoxy) is 1. The molecule has 0 unspecified atom stereocenters. The van der Waals surface area contributed by atoms with Crippen LogP contribution in [0.5, 0.6) is 0 Å². The number of allylic oxidation sites excluding steroid dienone is 1. The van der Waals surface area contributed by atoms with Gasteiger partial charge in [-0.25, -0.2) is 4.39 Å². The minimum atomic E-state index is -0.368. The lowest BCUT2D eigenvalue weighted by atomic mass is 10.0. The van der Waals surface area contributed by atoms with Crippen LogP contribution in [0.1, 0.15) is 30.0 Å². The highest BCUT2D eigenvalue weighted by molar-refractivity contribution is 6.30. The van der Waals surface area contributed by atoms with Crippen LogP contribution >= 0.6 is 11.6 Å². The molecular weight excluding hydrogens is 447 g/mol. The first kappa shape index (κ1) is 21.5. The molecule has 2 aliphatic heterocycles. The molecule has 0 aliphatic carbocycles. The number of hydrogen-bond acceptors (Lipinski definition) is 6. The van der Waals surface area contributed by atoms with E-state index < -0.39 is 0 Å². The van der Waals surface area contributed by atoms with E-state index in [4.69, 9.17) is 16.3 Å². The highest BCUT2D eigenvalue weighted by Gasteiger charge is 2.32. The van der Waals surface area contributed by atoms with Crippen LogP contribution in [0.25, 0.3) is 5.70 Å². The molecule has 3 heterocycles. The number of anilines is 1. The maximum absolute atomic E-state index is 13.5. The van der Waals surface area contributed by atoms with Gasteiger partial charge in [0.15, 0.2) is 0 Å². The smallest absolute Gasteiger partial charge is 0.251 e. The zero-order chi connectivity index (χ0) is 22.8. The second-order valence-corrected chi connectivity index (χ2v) is 8.44. The Hall–Kier alpha value is -3.30. The number of carbonyl (C=O) groups is 1. The van der Waals surface area contributed by atoms with E-state index >= 15 is 0 Å². The normalized spacial score (nSPS) is 19.8. The van der Waals surface area contributed by atoms with Crippen LogP contribution in [0.3, 0.4) is 0 Å². The second-order valence-electron chi connectivity index (χ2n) is 8.00. The van der Waals surface area contributed by atoms with Gasteiger partial charge in [0.05, 0.1) is 11.8 Å². The lowest BCUT2D eigenvalue weighted by Gasteiger charge is -2.32. The van der Waals surface area contributed by atoms with Crippen LogP contribution in [0.4, 0.5) is 10.3 Å². The van der Waals surface area contributed by atoms with Crippen LogP contribution in [0, 0.1) is 5.82 Å². The quantitative estimate of drug-likeness (QED) is 0.598. The van der Waals surface area contributed by atoms with E-state index in [1.165, 1.54) is 12.1 Å². The Kier molecular flexibility index (Phi) is 6.06. The summed E-state index contributed by atoms with van der Waals surface area (Å²) in [5, 5.41) is 15.8. The average molecular weight is 469 g/mol. The molecule has 0 spiro atoms. The molecule has 3 aromatic rings. The molecule has 1 fully saturated rings. The van der Waals surface area contributed by atoms with Crippen LogP contribution in [-0.2, 0) is 9.53 Å². The molecule has 1 N–H and O–H groups in total. The Morgan fingerprint density at radius 3 is 2.70 bits per heavy atom. The highest BCUT2D eigenvalue weighted by atomic mass is 35.5. The molecule has 1 amide bonds. The number of fused-ring (bicyclic) bond motifs is 1. The van der Waals surface area contributed by atoms with Crippen LogP contribution in [0.15, 0.2) is 54.6 Å². The van der Waals surface area contributed by atoms with Crippen molar-refractivity contribution >= 4 is 29.2 Å². The molecule has 2 aliphatic rings. The summed E-state index contributed by atoms with van der Waals surface area (Å²) in [6, 6.07) is 13.2. The van der Waals surface area contributed by atoms with E-state index in [2.05, 4.69) is 20.8 Å². The predicted octanol–water partition coefficient (Wildman–Crippen LogP) is 3.21. The number of amides is 1. The average Bonchev–Trinajstić information content (AvgIpc) is 3.52. The number of carbonyl (C=O) groups excluding carboxylic acids is 1. The predicted molar refractivity (Wildman–Crippen MR) is 121 cm³/mol. The molecule has 10 heteroatoms. The molecule has 1 saturated heterocycles. The Labute approximate surface area is 195 Å². The van der Waals surface area contributed by atoms with E-state index in [9.17, 15) is 9.18 Å². The summed E-state index contributed by atoms with van der Waals surface area (Å²) in [7, 11) is 0. The van der Waals surface area contributed by atoms with Gasteiger partial charge in [-0.3, -0.25) is 9.69 Å². The lowest BCUT2D eigenvalue weighted by molar-refractivity contribution is -0.120. The number of nitrogens with one attached hydrogen (secondary N) is 1. The first-order valence-electron chi connectivity index (χ1n) is 10.8. The minimum absolute atomic E-state index is 0.0255. The lowest BCUT2D eigenvalue weighted by Crippen LogP contribution is -2.42. The summed E-state index contributed by atoms with van der Waals surface area (Å²) < 4.78 is 20.7. The maximum atomic E-state index is 13.5. The summed E-state index contributed by atoms with van der Waals surface area (Å²) in [6.07, 6.45) is 3.97. The van der Waals surface area contributed by atoms with E-state index in [1.54, 1.807) is 33.8 Å². The Morgan fingerprint density at radius 1 is 1.18 bits per heavy atom. The van der Waals surface area contributed by atoms with E-state index in [0.29, 0.717) is 17.5 Å². The third-order valence-electron chi connectivity index (χ3n) is 5.79. The van der Waals surface area contributed by atoms with Crippen molar-refractivity contribution in [2.24, 2.45) is 0 Å². The Balaban J connectivity index is 1.48. The zero-order valence-electron chi connectivity index (χ0n) is 17.7. The number of benzene rings is 2. The number of aromatic nitrogens is 4. The molecule has 2 aromatic carbocycles. The number of rotatable bonds is 6. The number of nitrogens with zero attached hydrogens (tertiary/aromatic N) is 5. The van der Waals surface area contributed by atoms with Crippen molar-refractivity contribution in [3.05, 3.63) is 76.6 Å². The van der Waals surface area contributed by atoms with Gasteiger partial charge in [-0.05, 0) is 64.7 Å². The van der Waals surface area contributed by atoms with Gasteiger partial charge in [0.25, 0.3) is 5.95 Å². The summed E-state index contributed by atoms with van der Waals surface area (Å²) >= 11 is 6.10. The van der Waals surface area contributed by atoms with Crippen molar-refractivity contribution in [2.75, 3.05) is 24.6 Å². The Morgan fingerprint density at radius 2 is 1.97 bits per heavy atom. The summed E-state index contributed by atoms with van der Waals surface area (Å²) in [4.78, 5) is 14.6. The van der Waals surface area contributed by atoms with Crippen LogP contribution in [0.2, 0.25) is 5.02 Å². The molecule has 33 heavy (non-hydrogen) atoms. The molecule has 8 nitrogen and oxygen atoms in total. The summed E-state index contributed by atoms with van der Waals surface area (Å²) in [6.45, 7) is 1.23. The van der Waals surface area contributed by atoms with Gasteiger partial charge < -0.3 is 10.1 Å². The van der Waals surface area contributed by atoms with Crippen LogP contribution in [-0.4, -0.2) is 51.9 Å². The molecule has 0 radical (unpaired) electrons. The van der Waals surface area contributed by atoms with Crippen LogP contribution < -0.4 is 10.2 Å². The fraction of sp³-hybridized carbons (Fsp3) is 0.304. The second kappa shape index (κ2) is 9.29. The van der Waals surface area contributed by atoms with Crippen molar-refractivity contribution in [3.63, 3.8) is 0 Å². The van der Waals surface area contributed by atoms with Crippen molar-refractivity contribution in [3.8, 4) is 0 Å². The maximum Gasteiger partial charge on any atom is 0.251 e. The zero-order valence-corrected chi connectivity index (χ0v) is 18.5. The standard InChI is InChI=1S/C23H22ClFN6O2/c24-17-7-3-15(4-8-17)20-12-21(16-5-9-18(25)10-6-16)31-23(27-28-29-31)30(20)14-22(32)26-13-19-2-1-11-33-19/h3-10,12,19,21H,1-2,11,13-14H2,(H,26,32)/t19-,21+/m0/s1. The van der Waals surface area contributed by atoms with Crippen molar-refractivity contribution in [2.45, 2.75) is 25.0 Å². The number of halogens is 2. The van der Waals surface area contributed by atoms with Crippen molar-refractivity contribution < 1.29 is 13.9 Å². The first-order valence-corrected chi connectivity index (χ1v) is 11.1. The minimum Gasteiger partial charge on any atom is -0.376 e. The van der Waals surface area contributed by atoms with E-state index in [1.807, 2.05) is 18.2 Å². The third-order valence-corrected chi connectivity index (χ3v) is 6.04. The third kappa shape index (κ3) is 4.60. The van der Waals surface area contributed by atoms with Gasteiger partial charge in [0.1, 0.15) is 18.4 Å². The van der Waals surface area contributed by atoms with Crippen molar-refractivity contribution in [1.82, 2.24) is 25.5 Å². The molecule has 2 atom stereocenters. The molecule has 0 bridgehead atoms. The largest absolute Gasteiger partial charge is 0.376 e. The summed E-state index contributed by atoms with van der Waals surface area (Å²) in [5.74, 6) is -0.0675. The van der Waals surface area contributed by atoms with Gasteiger partial charge in [-0.15, -0.1) is 0 Å². The van der Waals surface area contributed by atoms with Gasteiger partial charge in [0, 0.05) is 18.2 Å². The molecule has 5 rings (SSSR count). The van der Waals surface area contributed by atoms with Gasteiger partial charge in [0.2, 0.25) is 5.91 Å². The first-order chi connectivity index (χ1) is 16.1. The van der Waals surface area contributed by atoms with Gasteiger partial charge in [-0.2, -0.15) is 4.68 Å². The van der Waals surface area contributed by atoms with E-state index in [0.717, 1.165) is 36.3 Å². The Bertz CT molecular complexity index is 1160.